The fraction of sp³-hybridized carbons (Fsp3) is 0.636. The summed E-state index contributed by atoms with van der Waals surface area (Å²) in [5.74, 6) is 0. The molecule has 8 heteroatoms. The third-order valence-electron chi connectivity index (χ3n) is 3.29. The Kier molecular flexibility index (Phi) is 3.59. The Balaban J connectivity index is 2.22. The number of nitrogens with one attached hydrogen (secondary N) is 1. The first-order valence-corrected chi connectivity index (χ1v) is 5.80. The summed E-state index contributed by atoms with van der Waals surface area (Å²) in [7, 11) is 0. The van der Waals surface area contributed by atoms with Crippen molar-refractivity contribution in [3.63, 3.8) is 0 Å². The fourth-order valence-electron chi connectivity index (χ4n) is 2.01. The van der Waals surface area contributed by atoms with E-state index in [0.717, 1.165) is 0 Å². The van der Waals surface area contributed by atoms with Gasteiger partial charge >= 0.3 is 5.69 Å². The topological polar surface area (TPSA) is 125 Å². The third kappa shape index (κ3) is 2.47. The predicted molar refractivity (Wildman–Crippen MR) is 63.8 cm³/mol. The van der Waals surface area contributed by atoms with Crippen molar-refractivity contribution in [1.29, 1.82) is 0 Å². The molecule has 0 saturated carbocycles. The van der Waals surface area contributed by atoms with Gasteiger partial charge in [-0.05, 0) is 6.92 Å². The summed E-state index contributed by atoms with van der Waals surface area (Å²) in [6.45, 7) is 0.668. The zero-order chi connectivity index (χ0) is 14.2. The summed E-state index contributed by atoms with van der Waals surface area (Å²) in [5, 5.41) is 28.7. The van der Waals surface area contributed by atoms with Gasteiger partial charge in [-0.1, -0.05) is 0 Å². The van der Waals surface area contributed by atoms with Crippen LogP contribution in [0.4, 0.5) is 0 Å². The van der Waals surface area contributed by atoms with Gasteiger partial charge in [-0.3, -0.25) is 14.3 Å². The monoisotopic (exact) mass is 272 g/mol. The van der Waals surface area contributed by atoms with E-state index in [0.29, 0.717) is 5.56 Å². The highest BCUT2D eigenvalue weighted by Crippen LogP contribution is 2.25. The summed E-state index contributed by atoms with van der Waals surface area (Å²) in [4.78, 5) is 24.9. The van der Waals surface area contributed by atoms with Gasteiger partial charge in [0.15, 0.2) is 0 Å². The Labute approximate surface area is 107 Å². The maximum Gasteiger partial charge on any atom is 0.328 e. The van der Waals surface area contributed by atoms with E-state index in [1.54, 1.807) is 6.92 Å². The van der Waals surface area contributed by atoms with Crippen molar-refractivity contribution in [1.82, 2.24) is 9.55 Å². The molecule has 0 unspecified atom stereocenters. The van der Waals surface area contributed by atoms with Crippen LogP contribution in [0.2, 0.25) is 0 Å². The number of nitrogens with zero attached hydrogens (tertiary/aromatic N) is 1. The number of H-pyrrole nitrogens is 1. The Bertz CT molecular complexity index is 579. The molecule has 1 saturated heterocycles. The van der Waals surface area contributed by atoms with Crippen molar-refractivity contribution >= 4 is 0 Å². The standard InChI is InChI=1S/C11H16N2O6/c1-6-2-13(10(17)12-9(6)16)3-7-8(15)11(18,4-14)5-19-7/h2,7-8,14-15,18H,3-5H2,1H3,(H,12,16,17)/t7-,8-,11-/m0/s1. The lowest BCUT2D eigenvalue weighted by Gasteiger charge is -2.24. The Hall–Kier alpha value is -1.48. The van der Waals surface area contributed by atoms with Crippen molar-refractivity contribution in [2.45, 2.75) is 31.3 Å². The summed E-state index contributed by atoms with van der Waals surface area (Å²) < 4.78 is 6.38. The highest BCUT2D eigenvalue weighted by atomic mass is 16.5. The number of rotatable bonds is 3. The summed E-state index contributed by atoms with van der Waals surface area (Å²) in [6, 6.07) is 0. The van der Waals surface area contributed by atoms with Gasteiger partial charge in [0.1, 0.15) is 17.8 Å². The molecule has 2 heterocycles. The molecule has 1 fully saturated rings. The first kappa shape index (κ1) is 13.9. The molecule has 2 rings (SSSR count). The molecule has 1 aliphatic rings. The SMILES string of the molecule is Cc1cn(C[C@@H]2OC[C@@](O)(CO)[C@H]2O)c(=O)[nH]c1=O. The van der Waals surface area contributed by atoms with E-state index in [1.165, 1.54) is 10.8 Å². The maximum absolute atomic E-state index is 11.6. The summed E-state index contributed by atoms with van der Waals surface area (Å²) >= 11 is 0. The van der Waals surface area contributed by atoms with Gasteiger partial charge in [-0.25, -0.2) is 4.79 Å². The number of aromatic amines is 1. The van der Waals surface area contributed by atoms with Gasteiger partial charge in [0, 0.05) is 11.8 Å². The van der Waals surface area contributed by atoms with E-state index in [2.05, 4.69) is 4.98 Å². The summed E-state index contributed by atoms with van der Waals surface area (Å²) in [6.07, 6.45) is -0.787. The molecule has 0 bridgehead atoms. The highest BCUT2D eigenvalue weighted by Gasteiger charge is 2.47. The smallest absolute Gasteiger partial charge is 0.328 e. The van der Waals surface area contributed by atoms with E-state index in [-0.39, 0.29) is 13.2 Å². The second kappa shape index (κ2) is 4.89. The minimum absolute atomic E-state index is 0.0278. The molecule has 1 aromatic heterocycles. The molecule has 0 amide bonds. The van der Waals surface area contributed by atoms with Crippen molar-refractivity contribution in [3.05, 3.63) is 32.6 Å². The lowest BCUT2D eigenvalue weighted by molar-refractivity contribution is -0.0823. The van der Waals surface area contributed by atoms with Crippen molar-refractivity contribution in [2.24, 2.45) is 0 Å². The van der Waals surface area contributed by atoms with E-state index in [4.69, 9.17) is 9.84 Å². The average Bonchev–Trinajstić information content (AvgIpc) is 2.65. The third-order valence-corrected chi connectivity index (χ3v) is 3.29. The van der Waals surface area contributed by atoms with Gasteiger partial charge in [0.05, 0.1) is 19.8 Å². The molecule has 0 radical (unpaired) electrons. The number of aryl methyl sites for hydroxylation is 1. The minimum atomic E-state index is -1.72. The largest absolute Gasteiger partial charge is 0.393 e. The molecule has 1 aliphatic heterocycles. The van der Waals surface area contributed by atoms with Crippen LogP contribution in [-0.4, -0.2) is 55.9 Å². The van der Waals surface area contributed by atoms with E-state index < -0.39 is 35.7 Å². The van der Waals surface area contributed by atoms with Crippen LogP contribution in [0.5, 0.6) is 0 Å². The zero-order valence-electron chi connectivity index (χ0n) is 10.4. The Morgan fingerprint density at radius 1 is 1.58 bits per heavy atom. The quantitative estimate of drug-likeness (QED) is 0.475. The second-order valence-electron chi connectivity index (χ2n) is 4.78. The van der Waals surface area contributed by atoms with Crippen LogP contribution in [0.1, 0.15) is 5.56 Å². The van der Waals surface area contributed by atoms with Gasteiger partial charge < -0.3 is 20.1 Å². The average molecular weight is 272 g/mol. The Morgan fingerprint density at radius 3 is 2.84 bits per heavy atom. The number of aliphatic hydroxyl groups excluding tert-OH is 2. The second-order valence-corrected chi connectivity index (χ2v) is 4.78. The molecule has 0 aromatic carbocycles. The molecule has 19 heavy (non-hydrogen) atoms. The fourth-order valence-corrected chi connectivity index (χ4v) is 2.01. The van der Waals surface area contributed by atoms with Crippen LogP contribution in [-0.2, 0) is 11.3 Å². The number of aliphatic hydroxyl groups is 3. The highest BCUT2D eigenvalue weighted by molar-refractivity contribution is 5.02. The van der Waals surface area contributed by atoms with Crippen molar-refractivity contribution < 1.29 is 20.1 Å². The lowest BCUT2D eigenvalue weighted by Crippen LogP contribution is -2.48. The van der Waals surface area contributed by atoms with Crippen LogP contribution in [0.15, 0.2) is 15.8 Å². The molecule has 8 nitrogen and oxygen atoms in total. The van der Waals surface area contributed by atoms with E-state index in [9.17, 15) is 19.8 Å². The zero-order valence-corrected chi connectivity index (χ0v) is 10.4. The van der Waals surface area contributed by atoms with Crippen LogP contribution in [0, 0.1) is 6.92 Å². The lowest BCUT2D eigenvalue weighted by atomic mass is 9.98. The molecule has 0 spiro atoms. The maximum atomic E-state index is 11.6. The normalized spacial score (nSPS) is 30.7. The molecule has 0 aliphatic carbocycles. The van der Waals surface area contributed by atoms with Gasteiger partial charge in [-0.2, -0.15) is 0 Å². The predicted octanol–water partition coefficient (Wildman–Crippen LogP) is -2.67. The number of ether oxygens (including phenoxy) is 1. The first-order valence-electron chi connectivity index (χ1n) is 5.80. The van der Waals surface area contributed by atoms with Gasteiger partial charge in [0.2, 0.25) is 0 Å². The van der Waals surface area contributed by atoms with Crippen molar-refractivity contribution in [2.75, 3.05) is 13.2 Å². The molecular formula is C11H16N2O6. The first-order chi connectivity index (χ1) is 8.87. The molecule has 4 N–H and O–H groups in total. The van der Waals surface area contributed by atoms with Crippen LogP contribution < -0.4 is 11.2 Å². The van der Waals surface area contributed by atoms with Crippen LogP contribution in [0.3, 0.4) is 0 Å². The van der Waals surface area contributed by atoms with E-state index >= 15 is 0 Å². The number of aromatic nitrogens is 2. The molecule has 1 aromatic rings. The summed E-state index contributed by atoms with van der Waals surface area (Å²) in [5.41, 5.74) is -2.46. The van der Waals surface area contributed by atoms with E-state index in [1.807, 2.05) is 0 Å². The number of hydrogen-bond donors (Lipinski definition) is 4. The minimum Gasteiger partial charge on any atom is -0.393 e. The molecule has 3 atom stereocenters. The molecule has 106 valence electrons. The Morgan fingerprint density at radius 2 is 2.26 bits per heavy atom. The molecular weight excluding hydrogens is 256 g/mol. The van der Waals surface area contributed by atoms with Gasteiger partial charge in [0.25, 0.3) is 5.56 Å². The number of hydrogen-bond acceptors (Lipinski definition) is 6. The van der Waals surface area contributed by atoms with Gasteiger partial charge in [-0.15, -0.1) is 0 Å². The van der Waals surface area contributed by atoms with Crippen molar-refractivity contribution in [3.8, 4) is 0 Å². The van der Waals surface area contributed by atoms with Crippen LogP contribution >= 0.6 is 0 Å². The van der Waals surface area contributed by atoms with Crippen LogP contribution in [0.25, 0.3) is 0 Å².